The molecule has 19 heavy (non-hydrogen) atoms. The monoisotopic (exact) mass is 262 g/mol. The summed E-state index contributed by atoms with van der Waals surface area (Å²) in [7, 11) is 0. The fraction of sp³-hybridized carbons (Fsp3) is 0.308. The van der Waals surface area contributed by atoms with E-state index in [1.54, 1.807) is 25.1 Å². The number of carbonyl (C=O) groups is 2. The zero-order valence-electron chi connectivity index (χ0n) is 10.4. The van der Waals surface area contributed by atoms with Crippen molar-refractivity contribution >= 4 is 23.0 Å². The van der Waals surface area contributed by atoms with Crippen molar-refractivity contribution in [2.45, 2.75) is 19.4 Å². The van der Waals surface area contributed by atoms with Gasteiger partial charge in [-0.15, -0.1) is 0 Å². The van der Waals surface area contributed by atoms with Crippen molar-refractivity contribution in [3.05, 3.63) is 30.6 Å². The Morgan fingerprint density at radius 1 is 1.42 bits per heavy atom. The van der Waals surface area contributed by atoms with E-state index in [0.717, 1.165) is 0 Å². The lowest BCUT2D eigenvalue weighted by Crippen LogP contribution is -2.22. The van der Waals surface area contributed by atoms with E-state index < -0.39 is 18.0 Å². The molecular weight excluding hydrogens is 248 g/mol. The molecule has 0 amide bonds. The second-order valence-corrected chi connectivity index (χ2v) is 4.00. The third kappa shape index (κ3) is 2.73. The lowest BCUT2D eigenvalue weighted by atomic mass is 10.2. The molecule has 1 aromatic heterocycles. The van der Waals surface area contributed by atoms with Crippen LogP contribution in [0.1, 0.15) is 19.4 Å². The standard InChI is InChI=1S/C13H14N2O4/c1-2-19-12(16)7-11(13(17)18)15-8-14-9-5-3-4-6-10(9)15/h3-6,8,11H,2,7H2,1H3,(H,17,18)/t11-/m1/s1. The molecular formula is C13H14N2O4. The quantitative estimate of drug-likeness (QED) is 0.828. The van der Waals surface area contributed by atoms with Crippen LogP contribution in [0.5, 0.6) is 0 Å². The minimum Gasteiger partial charge on any atom is -0.480 e. The van der Waals surface area contributed by atoms with Gasteiger partial charge in [0.1, 0.15) is 6.04 Å². The van der Waals surface area contributed by atoms with Gasteiger partial charge in [-0.3, -0.25) is 4.79 Å². The fourth-order valence-electron chi connectivity index (χ4n) is 1.91. The fourth-order valence-corrected chi connectivity index (χ4v) is 1.91. The van der Waals surface area contributed by atoms with Crippen LogP contribution in [0.4, 0.5) is 0 Å². The number of rotatable bonds is 5. The van der Waals surface area contributed by atoms with Crippen LogP contribution < -0.4 is 0 Å². The number of esters is 1. The number of carboxylic acid groups (broad SMARTS) is 1. The molecule has 0 bridgehead atoms. The Kier molecular flexibility index (Phi) is 3.79. The van der Waals surface area contributed by atoms with Gasteiger partial charge < -0.3 is 14.4 Å². The molecule has 0 aliphatic heterocycles. The highest BCUT2D eigenvalue weighted by Gasteiger charge is 2.25. The van der Waals surface area contributed by atoms with E-state index in [9.17, 15) is 14.7 Å². The predicted molar refractivity (Wildman–Crippen MR) is 67.7 cm³/mol. The van der Waals surface area contributed by atoms with Gasteiger partial charge in [0.25, 0.3) is 0 Å². The summed E-state index contributed by atoms with van der Waals surface area (Å²) in [4.78, 5) is 26.9. The molecule has 0 aliphatic carbocycles. The number of aromatic nitrogens is 2. The highest BCUT2D eigenvalue weighted by molar-refractivity contribution is 5.83. The van der Waals surface area contributed by atoms with Gasteiger partial charge in [-0.2, -0.15) is 0 Å². The van der Waals surface area contributed by atoms with Crippen LogP contribution in [0.2, 0.25) is 0 Å². The molecule has 0 spiro atoms. The number of para-hydroxylation sites is 2. The van der Waals surface area contributed by atoms with E-state index in [0.29, 0.717) is 11.0 Å². The second-order valence-electron chi connectivity index (χ2n) is 4.00. The summed E-state index contributed by atoms with van der Waals surface area (Å²) in [6.07, 6.45) is 1.21. The summed E-state index contributed by atoms with van der Waals surface area (Å²) in [5.41, 5.74) is 1.37. The Morgan fingerprint density at radius 2 is 2.16 bits per heavy atom. The number of ether oxygens (including phenoxy) is 1. The Morgan fingerprint density at radius 3 is 2.84 bits per heavy atom. The van der Waals surface area contributed by atoms with Crippen LogP contribution >= 0.6 is 0 Å². The number of imidazole rings is 1. The van der Waals surface area contributed by atoms with Crippen molar-refractivity contribution in [3.63, 3.8) is 0 Å². The third-order valence-electron chi connectivity index (χ3n) is 2.77. The Labute approximate surface area is 109 Å². The summed E-state index contributed by atoms with van der Waals surface area (Å²) in [6.45, 7) is 1.91. The first kappa shape index (κ1) is 13.1. The Hall–Kier alpha value is -2.37. The number of nitrogens with zero attached hydrogens (tertiary/aromatic N) is 2. The van der Waals surface area contributed by atoms with Crippen molar-refractivity contribution in [3.8, 4) is 0 Å². The maximum absolute atomic E-state index is 11.5. The Bertz CT molecular complexity index is 605. The van der Waals surface area contributed by atoms with Crippen LogP contribution in [0, 0.1) is 0 Å². The molecule has 0 unspecified atom stereocenters. The molecule has 6 nitrogen and oxygen atoms in total. The second kappa shape index (κ2) is 5.51. The Balaban J connectivity index is 2.34. The van der Waals surface area contributed by atoms with Gasteiger partial charge in [0.2, 0.25) is 0 Å². The van der Waals surface area contributed by atoms with E-state index in [-0.39, 0.29) is 13.0 Å². The van der Waals surface area contributed by atoms with Crippen LogP contribution in [0.15, 0.2) is 30.6 Å². The number of benzene rings is 1. The topological polar surface area (TPSA) is 81.4 Å². The van der Waals surface area contributed by atoms with E-state index >= 15 is 0 Å². The number of hydrogen-bond donors (Lipinski definition) is 1. The van der Waals surface area contributed by atoms with Gasteiger partial charge in [-0.1, -0.05) is 12.1 Å². The number of carboxylic acids is 1. The first-order valence-electron chi connectivity index (χ1n) is 5.93. The molecule has 0 saturated carbocycles. The first-order chi connectivity index (χ1) is 9.13. The molecule has 0 aliphatic rings. The van der Waals surface area contributed by atoms with E-state index in [1.807, 2.05) is 6.07 Å². The zero-order valence-corrected chi connectivity index (χ0v) is 10.4. The summed E-state index contributed by atoms with van der Waals surface area (Å²) in [6, 6.07) is 6.16. The van der Waals surface area contributed by atoms with Crippen LogP contribution in [0.3, 0.4) is 0 Å². The molecule has 1 aromatic carbocycles. The number of fused-ring (bicyclic) bond motifs is 1. The third-order valence-corrected chi connectivity index (χ3v) is 2.77. The molecule has 1 N–H and O–H groups in total. The molecule has 0 fully saturated rings. The highest BCUT2D eigenvalue weighted by Crippen LogP contribution is 2.20. The largest absolute Gasteiger partial charge is 0.480 e. The van der Waals surface area contributed by atoms with Gasteiger partial charge in [-0.25, -0.2) is 9.78 Å². The van der Waals surface area contributed by atoms with Gasteiger partial charge >= 0.3 is 11.9 Å². The highest BCUT2D eigenvalue weighted by atomic mass is 16.5. The molecule has 1 atom stereocenters. The van der Waals surface area contributed by atoms with Gasteiger partial charge in [-0.05, 0) is 19.1 Å². The average Bonchev–Trinajstić information content (AvgIpc) is 2.79. The van der Waals surface area contributed by atoms with Crippen LogP contribution in [-0.4, -0.2) is 33.2 Å². The minimum absolute atomic E-state index is 0.219. The smallest absolute Gasteiger partial charge is 0.327 e. The van der Waals surface area contributed by atoms with Crippen molar-refractivity contribution in [2.75, 3.05) is 6.61 Å². The minimum atomic E-state index is -1.09. The molecule has 0 saturated heterocycles. The molecule has 0 radical (unpaired) electrons. The summed E-state index contributed by atoms with van der Waals surface area (Å²) < 4.78 is 6.28. The maximum atomic E-state index is 11.5. The predicted octanol–water partition coefficient (Wildman–Crippen LogP) is 1.62. The van der Waals surface area contributed by atoms with Crippen molar-refractivity contribution in [1.29, 1.82) is 0 Å². The normalized spacial score (nSPS) is 12.3. The number of carbonyl (C=O) groups excluding carboxylic acids is 1. The number of hydrogen-bond acceptors (Lipinski definition) is 4. The van der Waals surface area contributed by atoms with Crippen LogP contribution in [-0.2, 0) is 14.3 Å². The zero-order chi connectivity index (χ0) is 13.8. The van der Waals surface area contributed by atoms with E-state index in [1.165, 1.54) is 10.9 Å². The van der Waals surface area contributed by atoms with Crippen molar-refractivity contribution in [1.82, 2.24) is 9.55 Å². The molecule has 100 valence electrons. The number of aliphatic carboxylic acids is 1. The molecule has 1 heterocycles. The molecule has 6 heteroatoms. The summed E-state index contributed by atoms with van der Waals surface area (Å²) in [5, 5.41) is 9.27. The van der Waals surface area contributed by atoms with E-state index in [4.69, 9.17) is 4.74 Å². The maximum Gasteiger partial charge on any atom is 0.327 e. The lowest BCUT2D eigenvalue weighted by Gasteiger charge is -2.14. The lowest BCUT2D eigenvalue weighted by molar-refractivity contribution is -0.150. The van der Waals surface area contributed by atoms with Crippen molar-refractivity contribution in [2.24, 2.45) is 0 Å². The molecule has 2 aromatic rings. The van der Waals surface area contributed by atoms with Gasteiger partial charge in [0, 0.05) is 0 Å². The summed E-state index contributed by atoms with van der Waals surface area (Å²) >= 11 is 0. The van der Waals surface area contributed by atoms with E-state index in [2.05, 4.69) is 4.98 Å². The molecule has 2 rings (SSSR count). The van der Waals surface area contributed by atoms with Crippen molar-refractivity contribution < 1.29 is 19.4 Å². The van der Waals surface area contributed by atoms with Gasteiger partial charge in [0.05, 0.1) is 30.4 Å². The summed E-state index contributed by atoms with van der Waals surface area (Å²) in [5.74, 6) is -1.62. The van der Waals surface area contributed by atoms with Gasteiger partial charge in [0.15, 0.2) is 0 Å². The first-order valence-corrected chi connectivity index (χ1v) is 5.93. The SMILES string of the molecule is CCOC(=O)C[C@H](C(=O)O)n1cnc2ccccc21. The van der Waals surface area contributed by atoms with Crippen LogP contribution in [0.25, 0.3) is 11.0 Å². The average molecular weight is 262 g/mol.